The average Bonchev–Trinajstić information content (AvgIpc) is 3.03. The van der Waals surface area contributed by atoms with Crippen LogP contribution in [0.5, 0.6) is 0 Å². The lowest BCUT2D eigenvalue weighted by atomic mass is 9.42. The molecule has 0 heterocycles. The van der Waals surface area contributed by atoms with Gasteiger partial charge in [0.05, 0.1) is 16.8 Å². The predicted octanol–water partition coefficient (Wildman–Crippen LogP) is 5.58. The van der Waals surface area contributed by atoms with Crippen molar-refractivity contribution in [3.05, 3.63) is 12.2 Å². The van der Waals surface area contributed by atoms with Crippen molar-refractivity contribution in [2.75, 3.05) is 0 Å². The van der Waals surface area contributed by atoms with Gasteiger partial charge in [-0.1, -0.05) is 40.2 Å². The van der Waals surface area contributed by atoms with E-state index < -0.39 is 22.2 Å². The number of hydrogen-bond acceptors (Lipinski definition) is 4. The summed E-state index contributed by atoms with van der Waals surface area (Å²) in [5.74, 6) is 0.860. The highest BCUT2D eigenvalue weighted by atomic mass is 16.3. The zero-order valence-corrected chi connectivity index (χ0v) is 21.8. The molecule has 4 fully saturated rings. The summed E-state index contributed by atoms with van der Waals surface area (Å²) in [7, 11) is 0. The summed E-state index contributed by atoms with van der Waals surface area (Å²) in [6.07, 6.45) is 10.0. The summed E-state index contributed by atoms with van der Waals surface area (Å²) in [6.45, 7) is 14.4. The fourth-order valence-electron chi connectivity index (χ4n) is 9.23. The highest BCUT2D eigenvalue weighted by Crippen LogP contribution is 2.70. The van der Waals surface area contributed by atoms with Crippen molar-refractivity contribution < 1.29 is 20.1 Å². The van der Waals surface area contributed by atoms with E-state index in [2.05, 4.69) is 20.4 Å². The molecule has 188 valence electrons. The van der Waals surface area contributed by atoms with Crippen LogP contribution in [0.3, 0.4) is 0 Å². The van der Waals surface area contributed by atoms with Crippen LogP contribution in [0.4, 0.5) is 0 Å². The first-order valence-electron chi connectivity index (χ1n) is 13.6. The Balaban J connectivity index is 1.65. The third kappa shape index (κ3) is 3.69. The first-order valence-corrected chi connectivity index (χ1v) is 13.6. The van der Waals surface area contributed by atoms with Crippen LogP contribution in [0.1, 0.15) is 112 Å². The molecule has 4 aliphatic carbocycles. The van der Waals surface area contributed by atoms with E-state index in [9.17, 15) is 20.1 Å². The minimum absolute atomic E-state index is 0.00107. The summed E-state index contributed by atoms with van der Waals surface area (Å²) >= 11 is 0. The van der Waals surface area contributed by atoms with Crippen LogP contribution in [0.2, 0.25) is 0 Å². The average molecular weight is 461 g/mol. The normalized spacial score (nSPS) is 45.0. The van der Waals surface area contributed by atoms with Gasteiger partial charge in [0.2, 0.25) is 0 Å². The molecular weight excluding hydrogens is 412 g/mol. The second kappa shape index (κ2) is 8.17. The lowest BCUT2D eigenvalue weighted by Gasteiger charge is -2.63. The van der Waals surface area contributed by atoms with Crippen molar-refractivity contribution in [2.24, 2.45) is 34.5 Å². The van der Waals surface area contributed by atoms with E-state index in [1.54, 1.807) is 13.8 Å². The summed E-state index contributed by atoms with van der Waals surface area (Å²) < 4.78 is 0. The fourth-order valence-corrected chi connectivity index (χ4v) is 9.23. The second-order valence-corrected chi connectivity index (χ2v) is 13.4. The van der Waals surface area contributed by atoms with Crippen LogP contribution in [-0.4, -0.2) is 37.9 Å². The first kappa shape index (κ1) is 25.4. The van der Waals surface area contributed by atoms with Gasteiger partial charge in [0.1, 0.15) is 5.78 Å². The Bertz CT molecular complexity index is 798. The first-order chi connectivity index (χ1) is 15.2. The van der Waals surface area contributed by atoms with Gasteiger partial charge in [-0.2, -0.15) is 0 Å². The maximum absolute atomic E-state index is 13.3. The van der Waals surface area contributed by atoms with Crippen molar-refractivity contribution in [1.29, 1.82) is 0 Å². The lowest BCUT2D eigenvalue weighted by Crippen LogP contribution is -2.65. The van der Waals surface area contributed by atoms with E-state index in [4.69, 9.17) is 0 Å². The highest BCUT2D eigenvalue weighted by molar-refractivity contribution is 5.83. The van der Waals surface area contributed by atoms with Gasteiger partial charge in [0.25, 0.3) is 0 Å². The number of carbonyl (C=O) groups excluding carboxylic acids is 1. The van der Waals surface area contributed by atoms with E-state index >= 15 is 0 Å². The maximum Gasteiger partial charge on any atom is 0.136 e. The molecule has 4 nitrogen and oxygen atoms in total. The Labute approximate surface area is 201 Å². The van der Waals surface area contributed by atoms with E-state index in [1.165, 1.54) is 6.42 Å². The monoisotopic (exact) mass is 460 g/mol. The second-order valence-electron chi connectivity index (χ2n) is 13.4. The predicted molar refractivity (Wildman–Crippen MR) is 132 cm³/mol. The van der Waals surface area contributed by atoms with Crippen LogP contribution < -0.4 is 0 Å². The van der Waals surface area contributed by atoms with Gasteiger partial charge in [-0.05, 0) is 100 Å². The number of ketones is 1. The third-order valence-electron chi connectivity index (χ3n) is 11.3. The number of Topliss-reactive ketones (excluding diaryl/α,β-unsaturated/α-hetero) is 1. The smallest absolute Gasteiger partial charge is 0.136 e. The Hall–Kier alpha value is -0.710. The zero-order valence-electron chi connectivity index (χ0n) is 21.8. The molecule has 4 aliphatic rings. The standard InChI is InChI=1S/C29H48O4/c1-7-28(32,19(2)11-15-25(3,4)31)24-13-17-29(33)22-18-23(30)21-10-8-9-14-26(21,5)20(22)12-16-27(24,29)6/h20-22,24,31-33H,2,7-18H2,1,3-6H3/t20?,21-,22?,24?,26?,27?,28?,29-/m1/s1. The van der Waals surface area contributed by atoms with Crippen LogP contribution in [0.25, 0.3) is 0 Å². The third-order valence-corrected chi connectivity index (χ3v) is 11.3. The lowest BCUT2D eigenvalue weighted by molar-refractivity contribution is -0.215. The molecule has 0 aromatic carbocycles. The fraction of sp³-hybridized carbons (Fsp3) is 0.897. The van der Waals surface area contributed by atoms with Crippen LogP contribution in [0, 0.1) is 34.5 Å². The van der Waals surface area contributed by atoms with Crippen molar-refractivity contribution in [3.63, 3.8) is 0 Å². The molecule has 0 saturated heterocycles. The number of fused-ring (bicyclic) bond motifs is 5. The number of hydrogen-bond donors (Lipinski definition) is 3. The van der Waals surface area contributed by atoms with E-state index in [-0.39, 0.29) is 23.2 Å². The maximum atomic E-state index is 13.3. The molecule has 33 heavy (non-hydrogen) atoms. The molecule has 0 aliphatic heterocycles. The summed E-state index contributed by atoms with van der Waals surface area (Å²) in [5.41, 5.74) is -2.41. The molecule has 4 saturated carbocycles. The Morgan fingerprint density at radius 2 is 1.76 bits per heavy atom. The molecule has 8 atom stereocenters. The number of carbonyl (C=O) groups is 1. The van der Waals surface area contributed by atoms with Gasteiger partial charge >= 0.3 is 0 Å². The van der Waals surface area contributed by atoms with Gasteiger partial charge in [0.15, 0.2) is 0 Å². The molecule has 3 N–H and O–H groups in total. The van der Waals surface area contributed by atoms with Crippen molar-refractivity contribution in [2.45, 2.75) is 128 Å². The molecule has 4 heteroatoms. The van der Waals surface area contributed by atoms with E-state index in [0.717, 1.165) is 44.1 Å². The number of aliphatic hydroxyl groups is 3. The molecule has 0 aromatic heterocycles. The van der Waals surface area contributed by atoms with E-state index in [0.29, 0.717) is 43.8 Å². The van der Waals surface area contributed by atoms with Crippen LogP contribution in [-0.2, 0) is 4.79 Å². The van der Waals surface area contributed by atoms with Crippen molar-refractivity contribution >= 4 is 5.78 Å². The van der Waals surface area contributed by atoms with Crippen molar-refractivity contribution in [3.8, 4) is 0 Å². The van der Waals surface area contributed by atoms with Crippen molar-refractivity contribution in [1.82, 2.24) is 0 Å². The van der Waals surface area contributed by atoms with E-state index in [1.807, 2.05) is 6.92 Å². The molecule has 0 bridgehead atoms. The Morgan fingerprint density at radius 1 is 1.06 bits per heavy atom. The summed E-state index contributed by atoms with van der Waals surface area (Å²) in [5, 5.41) is 34.7. The molecule has 0 aromatic rings. The minimum atomic E-state index is -1.06. The quantitative estimate of drug-likeness (QED) is 0.452. The van der Waals surface area contributed by atoms with Gasteiger partial charge in [-0.3, -0.25) is 4.79 Å². The Morgan fingerprint density at radius 3 is 2.39 bits per heavy atom. The molecule has 0 radical (unpaired) electrons. The molecular formula is C29H48O4. The van der Waals surface area contributed by atoms with Gasteiger partial charge < -0.3 is 15.3 Å². The zero-order chi connectivity index (χ0) is 24.4. The minimum Gasteiger partial charge on any atom is -0.390 e. The van der Waals surface area contributed by atoms with Crippen LogP contribution >= 0.6 is 0 Å². The van der Waals surface area contributed by atoms with Crippen LogP contribution in [0.15, 0.2) is 12.2 Å². The summed E-state index contributed by atoms with van der Waals surface area (Å²) in [4.78, 5) is 13.3. The topological polar surface area (TPSA) is 77.8 Å². The molecule has 0 spiro atoms. The Kier molecular flexibility index (Phi) is 6.28. The SMILES string of the molecule is C=C(CCC(C)(C)O)C(O)(CC)C1CC[C@@]2(O)C3CC(=O)[C@H]4CCCCC4(C)C3CCC12C. The van der Waals surface area contributed by atoms with Gasteiger partial charge in [-0.25, -0.2) is 0 Å². The largest absolute Gasteiger partial charge is 0.390 e. The molecule has 6 unspecified atom stereocenters. The molecule has 0 amide bonds. The van der Waals surface area contributed by atoms with Gasteiger partial charge in [0, 0.05) is 17.8 Å². The molecule has 4 rings (SSSR count). The highest BCUT2D eigenvalue weighted by Gasteiger charge is 2.70. The number of rotatable bonds is 6. The van der Waals surface area contributed by atoms with Gasteiger partial charge in [-0.15, -0.1) is 0 Å². The summed E-state index contributed by atoms with van der Waals surface area (Å²) in [6, 6.07) is 0.